The summed E-state index contributed by atoms with van der Waals surface area (Å²) >= 11 is 6.02. The maximum absolute atomic E-state index is 12.2. The van der Waals surface area contributed by atoms with Gasteiger partial charge >= 0.3 is 0 Å². The third-order valence-electron chi connectivity index (χ3n) is 2.62. The molecule has 3 aromatic rings. The molecule has 7 heteroatoms. The van der Waals surface area contributed by atoms with E-state index in [-0.39, 0.29) is 17.9 Å². The number of thiophene rings is 2. The van der Waals surface area contributed by atoms with Gasteiger partial charge in [-0.3, -0.25) is 14.2 Å². The van der Waals surface area contributed by atoms with Gasteiger partial charge in [0.05, 0.1) is 23.3 Å². The minimum atomic E-state index is -0.166. The van der Waals surface area contributed by atoms with Crippen LogP contribution in [0, 0.1) is 0 Å². The molecule has 96 valence electrons. The Kier molecular flexibility index (Phi) is 3.34. The predicted octanol–water partition coefficient (Wildman–Crippen LogP) is 3.16. The summed E-state index contributed by atoms with van der Waals surface area (Å²) in [7, 11) is 0. The van der Waals surface area contributed by atoms with Crippen LogP contribution in [0.15, 0.2) is 38.5 Å². The molecule has 0 bridgehead atoms. The van der Waals surface area contributed by atoms with Gasteiger partial charge in [-0.1, -0.05) is 0 Å². The molecule has 0 fully saturated rings. The highest BCUT2D eigenvalue weighted by molar-refractivity contribution is 9.10. The highest BCUT2D eigenvalue weighted by Crippen LogP contribution is 2.23. The molecule has 3 heterocycles. The number of aromatic nitrogens is 2. The van der Waals surface area contributed by atoms with Gasteiger partial charge in [0.1, 0.15) is 4.70 Å². The monoisotopic (exact) mass is 354 g/mol. The van der Waals surface area contributed by atoms with Gasteiger partial charge in [-0.05, 0) is 38.8 Å². The Labute approximate surface area is 124 Å². The van der Waals surface area contributed by atoms with Gasteiger partial charge in [0, 0.05) is 4.47 Å². The number of carbonyl (C=O) groups is 1. The van der Waals surface area contributed by atoms with Crippen molar-refractivity contribution in [2.24, 2.45) is 0 Å². The molecule has 19 heavy (non-hydrogen) atoms. The van der Waals surface area contributed by atoms with E-state index in [2.05, 4.69) is 20.9 Å². The van der Waals surface area contributed by atoms with Crippen molar-refractivity contribution in [3.05, 3.63) is 48.9 Å². The van der Waals surface area contributed by atoms with E-state index in [9.17, 15) is 9.59 Å². The number of rotatable bonds is 3. The lowest BCUT2D eigenvalue weighted by Crippen LogP contribution is -2.23. The van der Waals surface area contributed by atoms with E-state index in [0.717, 1.165) is 4.47 Å². The maximum atomic E-state index is 12.2. The standard InChI is InChI=1S/C12H7BrN2O2S2/c13-7-1-3-18-10(7)9(16)5-15-6-14-8-2-4-19-11(8)12(15)17/h1-4,6H,5H2. The Morgan fingerprint density at radius 1 is 1.32 bits per heavy atom. The molecule has 0 spiro atoms. The zero-order chi connectivity index (χ0) is 13.4. The minimum absolute atomic E-state index is 0.0127. The van der Waals surface area contributed by atoms with E-state index >= 15 is 0 Å². The van der Waals surface area contributed by atoms with E-state index in [1.54, 1.807) is 6.07 Å². The Morgan fingerprint density at radius 2 is 2.11 bits per heavy atom. The number of hydrogen-bond acceptors (Lipinski definition) is 5. The molecule has 0 radical (unpaired) electrons. The van der Waals surface area contributed by atoms with Crippen molar-refractivity contribution >= 4 is 54.6 Å². The number of halogens is 1. The fraction of sp³-hybridized carbons (Fsp3) is 0.0833. The molecule has 0 saturated heterocycles. The zero-order valence-electron chi connectivity index (χ0n) is 9.50. The molecule has 4 nitrogen and oxygen atoms in total. The molecular weight excluding hydrogens is 348 g/mol. The van der Waals surface area contributed by atoms with Crippen molar-refractivity contribution in [2.45, 2.75) is 6.54 Å². The zero-order valence-corrected chi connectivity index (χ0v) is 12.7. The van der Waals surface area contributed by atoms with E-state index in [0.29, 0.717) is 15.1 Å². The van der Waals surface area contributed by atoms with Crippen LogP contribution in [0.2, 0.25) is 0 Å². The second-order valence-electron chi connectivity index (χ2n) is 3.83. The largest absolute Gasteiger partial charge is 0.291 e. The summed E-state index contributed by atoms with van der Waals surface area (Å²) in [5.74, 6) is -0.0957. The number of Topliss-reactive ketones (excluding diaryl/α,β-unsaturated/α-hetero) is 1. The summed E-state index contributed by atoms with van der Waals surface area (Å²) in [5.41, 5.74) is 0.511. The highest BCUT2D eigenvalue weighted by Gasteiger charge is 2.14. The lowest BCUT2D eigenvalue weighted by molar-refractivity contribution is 0.0974. The van der Waals surface area contributed by atoms with Gasteiger partial charge in [0.25, 0.3) is 5.56 Å². The molecule has 0 aliphatic rings. The van der Waals surface area contributed by atoms with Crippen LogP contribution in [0.3, 0.4) is 0 Å². The quantitative estimate of drug-likeness (QED) is 0.678. The number of hydrogen-bond donors (Lipinski definition) is 0. The van der Waals surface area contributed by atoms with E-state index < -0.39 is 0 Å². The number of nitrogens with zero attached hydrogens (tertiary/aromatic N) is 2. The first kappa shape index (κ1) is 12.7. The van der Waals surface area contributed by atoms with Gasteiger partial charge in [-0.25, -0.2) is 4.98 Å². The third kappa shape index (κ3) is 2.29. The van der Waals surface area contributed by atoms with Crippen LogP contribution >= 0.6 is 38.6 Å². The van der Waals surface area contributed by atoms with Crippen LogP contribution in [0.1, 0.15) is 9.67 Å². The van der Waals surface area contributed by atoms with Crippen molar-refractivity contribution in [1.82, 2.24) is 9.55 Å². The molecule has 3 aromatic heterocycles. The molecule has 0 amide bonds. The average Bonchev–Trinajstić information content (AvgIpc) is 3.01. The average molecular weight is 355 g/mol. The smallest absolute Gasteiger partial charge is 0.271 e. The highest BCUT2D eigenvalue weighted by atomic mass is 79.9. The van der Waals surface area contributed by atoms with Crippen LogP contribution in [0.5, 0.6) is 0 Å². The van der Waals surface area contributed by atoms with Crippen LogP contribution in [0.25, 0.3) is 10.2 Å². The summed E-state index contributed by atoms with van der Waals surface area (Å²) in [6, 6.07) is 3.62. The lowest BCUT2D eigenvalue weighted by Gasteiger charge is -2.03. The van der Waals surface area contributed by atoms with Crippen LogP contribution in [0.4, 0.5) is 0 Å². The fourth-order valence-electron chi connectivity index (χ4n) is 1.71. The number of carbonyl (C=O) groups excluding carboxylic acids is 1. The summed E-state index contributed by atoms with van der Waals surface area (Å²) in [6.07, 6.45) is 1.43. The maximum Gasteiger partial charge on any atom is 0.271 e. The normalized spacial score (nSPS) is 11.0. The minimum Gasteiger partial charge on any atom is -0.291 e. The fourth-order valence-corrected chi connectivity index (χ4v) is 4.03. The molecule has 0 aromatic carbocycles. The number of ketones is 1. The van der Waals surface area contributed by atoms with Crippen molar-refractivity contribution in [3.8, 4) is 0 Å². The predicted molar refractivity (Wildman–Crippen MR) is 80.2 cm³/mol. The van der Waals surface area contributed by atoms with E-state index in [1.807, 2.05) is 16.8 Å². The molecule has 0 aliphatic carbocycles. The summed E-state index contributed by atoms with van der Waals surface area (Å²) < 4.78 is 2.70. The van der Waals surface area contributed by atoms with Crippen molar-refractivity contribution in [1.29, 1.82) is 0 Å². The van der Waals surface area contributed by atoms with Gasteiger partial charge in [0.15, 0.2) is 5.78 Å². The van der Waals surface area contributed by atoms with Crippen LogP contribution < -0.4 is 5.56 Å². The van der Waals surface area contributed by atoms with E-state index in [4.69, 9.17) is 0 Å². The Hall–Kier alpha value is -1.31. The molecule has 0 N–H and O–H groups in total. The van der Waals surface area contributed by atoms with Crippen molar-refractivity contribution in [3.63, 3.8) is 0 Å². The molecular formula is C12H7BrN2O2S2. The Bertz CT molecular complexity index is 818. The van der Waals surface area contributed by atoms with Crippen LogP contribution in [-0.2, 0) is 6.54 Å². The van der Waals surface area contributed by atoms with Gasteiger partial charge in [-0.2, -0.15) is 0 Å². The van der Waals surface area contributed by atoms with Crippen molar-refractivity contribution in [2.75, 3.05) is 0 Å². The van der Waals surface area contributed by atoms with Crippen molar-refractivity contribution < 1.29 is 4.79 Å². The van der Waals surface area contributed by atoms with Crippen LogP contribution in [-0.4, -0.2) is 15.3 Å². The summed E-state index contributed by atoms with van der Waals surface area (Å²) in [5, 5.41) is 3.65. The SMILES string of the molecule is O=C(Cn1cnc2ccsc2c1=O)c1sccc1Br. The second kappa shape index (κ2) is 4.99. The lowest BCUT2D eigenvalue weighted by atomic mass is 10.3. The molecule has 0 aliphatic heterocycles. The first-order valence-electron chi connectivity index (χ1n) is 5.35. The van der Waals surface area contributed by atoms with Gasteiger partial charge in [0.2, 0.25) is 0 Å². The summed E-state index contributed by atoms with van der Waals surface area (Å²) in [4.78, 5) is 29.1. The van der Waals surface area contributed by atoms with Gasteiger partial charge < -0.3 is 0 Å². The summed E-state index contributed by atoms with van der Waals surface area (Å²) in [6.45, 7) is 0.0127. The molecule has 0 unspecified atom stereocenters. The third-order valence-corrected chi connectivity index (χ3v) is 5.39. The van der Waals surface area contributed by atoms with E-state index in [1.165, 1.54) is 33.6 Å². The Morgan fingerprint density at radius 3 is 2.84 bits per heavy atom. The first-order chi connectivity index (χ1) is 9.16. The second-order valence-corrected chi connectivity index (χ2v) is 6.52. The molecule has 0 atom stereocenters. The van der Waals surface area contributed by atoms with Gasteiger partial charge in [-0.15, -0.1) is 22.7 Å². The topological polar surface area (TPSA) is 52.0 Å². The number of fused-ring (bicyclic) bond motifs is 1. The Balaban J connectivity index is 1.98. The first-order valence-corrected chi connectivity index (χ1v) is 7.91. The molecule has 3 rings (SSSR count). The molecule has 0 saturated carbocycles.